The number of carbonyl (C=O) groups is 1. The van der Waals surface area contributed by atoms with Crippen molar-refractivity contribution in [3.05, 3.63) is 42.5 Å². The number of hydrazine groups is 1. The van der Waals surface area contributed by atoms with Crippen LogP contribution in [-0.2, 0) is 4.79 Å². The van der Waals surface area contributed by atoms with Gasteiger partial charge < -0.3 is 0 Å². The van der Waals surface area contributed by atoms with Gasteiger partial charge >= 0.3 is 0 Å². The summed E-state index contributed by atoms with van der Waals surface area (Å²) in [5.41, 5.74) is 6.07. The molecule has 0 saturated carbocycles. The molecule has 0 radical (unpaired) electrons. The van der Waals surface area contributed by atoms with Crippen molar-refractivity contribution in [2.24, 2.45) is 0 Å². The van der Waals surface area contributed by atoms with Gasteiger partial charge in [-0.3, -0.25) is 10.2 Å². The van der Waals surface area contributed by atoms with Gasteiger partial charge in [0.05, 0.1) is 6.04 Å². The summed E-state index contributed by atoms with van der Waals surface area (Å²) in [6.45, 7) is 3.74. The van der Waals surface area contributed by atoms with Crippen LogP contribution in [0.3, 0.4) is 0 Å². The van der Waals surface area contributed by atoms with Gasteiger partial charge in [0.1, 0.15) is 0 Å². The zero-order chi connectivity index (χ0) is 10.7. The van der Waals surface area contributed by atoms with Crippen LogP contribution < -0.4 is 10.9 Å². The molecule has 1 atom stereocenters. The third-order valence-electron chi connectivity index (χ3n) is 2.23. The first-order valence-corrected chi connectivity index (χ1v) is 5.68. The molecule has 2 N–H and O–H groups in total. The Hall–Kier alpha value is -1.26. The highest BCUT2D eigenvalue weighted by Gasteiger charge is 2.25. The van der Waals surface area contributed by atoms with Crippen molar-refractivity contribution in [2.45, 2.75) is 10.9 Å². The van der Waals surface area contributed by atoms with E-state index in [0.717, 1.165) is 5.75 Å². The van der Waals surface area contributed by atoms with Crippen LogP contribution in [0.25, 0.3) is 0 Å². The second-order valence-electron chi connectivity index (χ2n) is 3.30. The van der Waals surface area contributed by atoms with Crippen molar-refractivity contribution in [1.82, 2.24) is 10.9 Å². The summed E-state index contributed by atoms with van der Waals surface area (Å²) in [4.78, 5) is 12.3. The van der Waals surface area contributed by atoms with E-state index in [2.05, 4.69) is 29.6 Å². The van der Waals surface area contributed by atoms with Gasteiger partial charge in [-0.15, -0.1) is 11.8 Å². The smallest absolute Gasteiger partial charge is 0.262 e. The summed E-state index contributed by atoms with van der Waals surface area (Å²) in [6, 6.07) is 10.1. The largest absolute Gasteiger partial charge is 0.287 e. The molecular formula is C11H12N2OS. The molecule has 0 aromatic heterocycles. The van der Waals surface area contributed by atoms with Crippen molar-refractivity contribution < 1.29 is 4.79 Å². The fraction of sp³-hybridized carbons (Fsp3) is 0.182. The van der Waals surface area contributed by atoms with E-state index in [1.807, 2.05) is 18.2 Å². The third kappa shape index (κ3) is 2.40. The number of carbonyl (C=O) groups excluding carboxylic acids is 1. The molecule has 2 rings (SSSR count). The molecule has 0 bridgehead atoms. The first-order valence-electron chi connectivity index (χ1n) is 4.70. The van der Waals surface area contributed by atoms with Crippen LogP contribution in [0.2, 0.25) is 0 Å². The van der Waals surface area contributed by atoms with E-state index >= 15 is 0 Å². The second-order valence-corrected chi connectivity index (χ2v) is 4.39. The summed E-state index contributed by atoms with van der Waals surface area (Å²) >= 11 is 1.71. The lowest BCUT2D eigenvalue weighted by Gasteiger charge is -2.08. The van der Waals surface area contributed by atoms with Crippen LogP contribution in [0.4, 0.5) is 0 Å². The number of amides is 1. The third-order valence-corrected chi connectivity index (χ3v) is 3.34. The van der Waals surface area contributed by atoms with E-state index in [0.29, 0.717) is 5.57 Å². The summed E-state index contributed by atoms with van der Waals surface area (Å²) in [7, 11) is 0. The van der Waals surface area contributed by atoms with Crippen molar-refractivity contribution in [2.75, 3.05) is 5.75 Å². The van der Waals surface area contributed by atoms with E-state index in [1.165, 1.54) is 4.90 Å². The van der Waals surface area contributed by atoms with Gasteiger partial charge in [0.15, 0.2) is 0 Å². The Labute approximate surface area is 92.9 Å². The van der Waals surface area contributed by atoms with E-state index < -0.39 is 0 Å². The minimum atomic E-state index is -0.103. The molecule has 0 aliphatic carbocycles. The molecule has 1 heterocycles. The Morgan fingerprint density at radius 2 is 2.07 bits per heavy atom. The summed E-state index contributed by atoms with van der Waals surface area (Å²) in [5, 5.41) is 0. The van der Waals surface area contributed by atoms with E-state index in [-0.39, 0.29) is 11.9 Å². The predicted molar refractivity (Wildman–Crippen MR) is 61.4 cm³/mol. The molecule has 1 aliphatic heterocycles. The number of thioether (sulfide) groups is 1. The molecule has 1 aliphatic rings. The standard InChI is InChI=1S/C11H12N2OS/c1-8-10(12-13-11(8)14)7-15-9-5-3-2-4-6-9/h2-6,10,12H,1,7H2,(H,13,14). The van der Waals surface area contributed by atoms with Crippen molar-refractivity contribution in [1.29, 1.82) is 0 Å². The van der Waals surface area contributed by atoms with Crippen LogP contribution in [0, 0.1) is 0 Å². The zero-order valence-electron chi connectivity index (χ0n) is 8.19. The molecule has 15 heavy (non-hydrogen) atoms. The van der Waals surface area contributed by atoms with Crippen molar-refractivity contribution >= 4 is 17.7 Å². The van der Waals surface area contributed by atoms with Crippen LogP contribution in [0.1, 0.15) is 0 Å². The maximum atomic E-state index is 11.1. The molecule has 1 unspecified atom stereocenters. The summed E-state index contributed by atoms with van der Waals surface area (Å²) in [5.74, 6) is 0.704. The number of nitrogens with one attached hydrogen (secondary N) is 2. The minimum absolute atomic E-state index is 0.0303. The lowest BCUT2D eigenvalue weighted by Crippen LogP contribution is -2.32. The number of hydrogen-bond donors (Lipinski definition) is 2. The maximum Gasteiger partial charge on any atom is 0.262 e. The van der Waals surface area contributed by atoms with Gasteiger partial charge in [0.2, 0.25) is 0 Å². The first-order chi connectivity index (χ1) is 7.27. The van der Waals surface area contributed by atoms with E-state index in [9.17, 15) is 4.79 Å². The lowest BCUT2D eigenvalue weighted by atomic mass is 10.2. The predicted octanol–water partition coefficient (Wildman–Crippen LogP) is 1.34. The quantitative estimate of drug-likeness (QED) is 0.596. The molecule has 4 heteroatoms. The lowest BCUT2D eigenvalue weighted by molar-refractivity contribution is -0.116. The Balaban J connectivity index is 1.89. The fourth-order valence-corrected chi connectivity index (χ4v) is 2.31. The van der Waals surface area contributed by atoms with Crippen molar-refractivity contribution in [3.63, 3.8) is 0 Å². The highest BCUT2D eigenvalue weighted by molar-refractivity contribution is 7.99. The molecule has 3 nitrogen and oxygen atoms in total. The zero-order valence-corrected chi connectivity index (χ0v) is 9.01. The van der Waals surface area contributed by atoms with Crippen LogP contribution in [0.5, 0.6) is 0 Å². The molecule has 0 spiro atoms. The summed E-state index contributed by atoms with van der Waals surface area (Å²) in [6.07, 6.45) is 0. The Morgan fingerprint density at radius 1 is 1.33 bits per heavy atom. The van der Waals surface area contributed by atoms with Gasteiger partial charge in [0.25, 0.3) is 5.91 Å². The highest BCUT2D eigenvalue weighted by Crippen LogP contribution is 2.20. The molecule has 1 fully saturated rings. The normalized spacial score (nSPS) is 20.4. The highest BCUT2D eigenvalue weighted by atomic mass is 32.2. The maximum absolute atomic E-state index is 11.1. The Bertz CT molecular complexity index is 377. The molecule has 1 amide bonds. The molecule has 1 aromatic carbocycles. The SMILES string of the molecule is C=C1C(=O)NNC1CSc1ccccc1. The minimum Gasteiger partial charge on any atom is -0.287 e. The fourth-order valence-electron chi connectivity index (χ4n) is 1.32. The number of rotatable bonds is 3. The van der Waals surface area contributed by atoms with Crippen LogP contribution >= 0.6 is 11.8 Å². The Kier molecular flexibility index (Phi) is 3.08. The molecular weight excluding hydrogens is 208 g/mol. The van der Waals surface area contributed by atoms with Gasteiger partial charge in [-0.2, -0.15) is 0 Å². The monoisotopic (exact) mass is 220 g/mol. The van der Waals surface area contributed by atoms with Gasteiger partial charge in [-0.25, -0.2) is 5.43 Å². The Morgan fingerprint density at radius 3 is 2.67 bits per heavy atom. The first kappa shape index (κ1) is 10.3. The average Bonchev–Trinajstić information content (AvgIpc) is 2.59. The topological polar surface area (TPSA) is 41.1 Å². The van der Waals surface area contributed by atoms with Crippen LogP contribution in [0.15, 0.2) is 47.4 Å². The number of benzene rings is 1. The molecule has 78 valence electrons. The van der Waals surface area contributed by atoms with Crippen LogP contribution in [-0.4, -0.2) is 17.7 Å². The molecule has 1 aromatic rings. The second kappa shape index (κ2) is 4.51. The average molecular weight is 220 g/mol. The molecule has 1 saturated heterocycles. The van der Waals surface area contributed by atoms with E-state index in [4.69, 9.17) is 0 Å². The summed E-state index contributed by atoms with van der Waals surface area (Å²) < 4.78 is 0. The van der Waals surface area contributed by atoms with E-state index in [1.54, 1.807) is 11.8 Å². The van der Waals surface area contributed by atoms with Gasteiger partial charge in [-0.05, 0) is 12.1 Å². The number of hydrogen-bond acceptors (Lipinski definition) is 3. The van der Waals surface area contributed by atoms with Gasteiger partial charge in [-0.1, -0.05) is 24.8 Å². The van der Waals surface area contributed by atoms with Crippen molar-refractivity contribution in [3.8, 4) is 0 Å². The van der Waals surface area contributed by atoms with Gasteiger partial charge in [0, 0.05) is 16.2 Å².